The highest BCUT2D eigenvalue weighted by Gasteiger charge is 2.37. The first kappa shape index (κ1) is 16.6. The van der Waals surface area contributed by atoms with Crippen LogP contribution in [0.3, 0.4) is 0 Å². The molecule has 1 aromatic carbocycles. The topological polar surface area (TPSA) is 38.8 Å². The maximum atomic E-state index is 12.8. The van der Waals surface area contributed by atoms with Gasteiger partial charge in [0.2, 0.25) is 0 Å². The molecule has 2 atom stereocenters. The van der Waals surface area contributed by atoms with Gasteiger partial charge in [-0.2, -0.15) is 0 Å². The Morgan fingerprint density at radius 1 is 1.38 bits per heavy atom. The minimum Gasteiger partial charge on any atom is -0.398 e. The fourth-order valence-corrected chi connectivity index (χ4v) is 2.32. The van der Waals surface area contributed by atoms with Gasteiger partial charge < -0.3 is 9.47 Å². The minimum absolute atomic E-state index is 0.0235. The van der Waals surface area contributed by atoms with Gasteiger partial charge >= 0.3 is 10.1 Å². The summed E-state index contributed by atoms with van der Waals surface area (Å²) in [4.78, 5) is 13.4. The van der Waals surface area contributed by atoms with Crippen molar-refractivity contribution in [1.82, 2.24) is 4.90 Å². The second-order valence-corrected chi connectivity index (χ2v) is 6.68. The summed E-state index contributed by atoms with van der Waals surface area (Å²) in [6, 6.07) is 8.75. The Morgan fingerprint density at radius 3 is 2.62 bits per heavy atom. The van der Waals surface area contributed by atoms with Crippen LogP contribution >= 0.6 is 34.8 Å². The number of carbonyl (C=O) groups is 1. The van der Waals surface area contributed by atoms with Gasteiger partial charge in [-0.25, -0.2) is 9.18 Å². The van der Waals surface area contributed by atoms with Crippen molar-refractivity contribution in [2.75, 3.05) is 19.8 Å². The first-order valence-electron chi connectivity index (χ1n) is 6.19. The Bertz CT molecular complexity index is 483. The normalized spacial score (nSPS) is 23.0. The largest absolute Gasteiger partial charge is 0.414 e. The number of hydrogen-bond donors (Lipinski definition) is 0. The molecular weight excluding hydrogens is 344 g/mol. The molecule has 1 aliphatic heterocycles. The van der Waals surface area contributed by atoms with Crippen molar-refractivity contribution >= 4 is 40.9 Å². The first-order valence-corrected chi connectivity index (χ1v) is 7.33. The van der Waals surface area contributed by atoms with E-state index in [1.54, 1.807) is 0 Å². The van der Waals surface area contributed by atoms with Gasteiger partial charge in [-0.3, -0.25) is 4.90 Å². The smallest absolute Gasteiger partial charge is 0.398 e. The van der Waals surface area contributed by atoms with Crippen molar-refractivity contribution in [1.29, 1.82) is 0 Å². The zero-order valence-corrected chi connectivity index (χ0v) is 13.1. The maximum Gasteiger partial charge on any atom is 0.414 e. The van der Waals surface area contributed by atoms with Crippen molar-refractivity contribution in [3.63, 3.8) is 0 Å². The van der Waals surface area contributed by atoms with E-state index in [2.05, 4.69) is 0 Å². The molecule has 116 valence electrons. The summed E-state index contributed by atoms with van der Waals surface area (Å²) < 4.78 is 20.7. The molecule has 21 heavy (non-hydrogen) atoms. The standard InChI is InChI=1S/C13H13Cl3FNO3/c14-13(15,16)21-12(19)18-7-10(6-17)20-8-11(18)9-4-2-1-3-5-9/h1-5,10-11H,6-8H2. The molecule has 0 radical (unpaired) electrons. The van der Waals surface area contributed by atoms with Crippen LogP contribution in [0.2, 0.25) is 0 Å². The number of carbonyl (C=O) groups excluding carboxylic acids is 1. The van der Waals surface area contributed by atoms with E-state index >= 15 is 0 Å². The number of nitrogens with zero attached hydrogens (tertiary/aromatic N) is 1. The van der Waals surface area contributed by atoms with E-state index in [1.807, 2.05) is 30.3 Å². The lowest BCUT2D eigenvalue weighted by Crippen LogP contribution is -2.49. The Morgan fingerprint density at radius 2 is 2.05 bits per heavy atom. The summed E-state index contributed by atoms with van der Waals surface area (Å²) in [6.45, 7) is -0.539. The lowest BCUT2D eigenvalue weighted by atomic mass is 10.0. The van der Waals surface area contributed by atoms with Gasteiger partial charge in [0.05, 0.1) is 19.2 Å². The van der Waals surface area contributed by atoms with Crippen molar-refractivity contribution in [2.45, 2.75) is 16.1 Å². The van der Waals surface area contributed by atoms with E-state index in [0.29, 0.717) is 0 Å². The molecule has 0 spiro atoms. The lowest BCUT2D eigenvalue weighted by molar-refractivity contribution is -0.0674. The molecule has 1 heterocycles. The third kappa shape index (κ3) is 4.61. The quantitative estimate of drug-likeness (QED) is 0.755. The molecule has 4 nitrogen and oxygen atoms in total. The second-order valence-electron chi connectivity index (χ2n) is 4.50. The highest BCUT2D eigenvalue weighted by molar-refractivity contribution is 6.66. The van der Waals surface area contributed by atoms with Crippen LogP contribution in [-0.2, 0) is 9.47 Å². The number of benzene rings is 1. The van der Waals surface area contributed by atoms with Crippen molar-refractivity contribution in [2.24, 2.45) is 0 Å². The summed E-state index contributed by atoms with van der Waals surface area (Å²) in [5.74, 6) is 0. The number of morpholine rings is 1. The molecule has 0 saturated carbocycles. The maximum absolute atomic E-state index is 12.8. The predicted octanol–water partition coefficient (Wildman–Crippen LogP) is 3.86. The van der Waals surface area contributed by atoms with Gasteiger partial charge in [0.1, 0.15) is 12.8 Å². The molecule has 1 fully saturated rings. The summed E-state index contributed by atoms with van der Waals surface area (Å²) in [5.41, 5.74) is 0.830. The third-order valence-corrected chi connectivity index (χ3v) is 3.29. The summed E-state index contributed by atoms with van der Waals surface area (Å²) in [5, 5.41) is 0. The van der Waals surface area contributed by atoms with Gasteiger partial charge in [0.25, 0.3) is 0 Å². The highest BCUT2D eigenvalue weighted by Crippen LogP contribution is 2.32. The molecule has 2 rings (SSSR count). The fourth-order valence-electron chi connectivity index (χ4n) is 2.12. The number of amides is 1. The number of ether oxygens (including phenoxy) is 2. The van der Waals surface area contributed by atoms with Crippen LogP contribution < -0.4 is 0 Å². The third-order valence-electron chi connectivity index (χ3n) is 3.06. The first-order chi connectivity index (χ1) is 9.90. The Labute approximate surface area is 136 Å². The van der Waals surface area contributed by atoms with E-state index in [1.165, 1.54) is 4.90 Å². The summed E-state index contributed by atoms with van der Waals surface area (Å²) in [6.07, 6.45) is -1.54. The second kappa shape index (κ2) is 7.01. The minimum atomic E-state index is -2.16. The number of halogens is 4. The van der Waals surface area contributed by atoms with Crippen LogP contribution in [0, 0.1) is 0 Å². The predicted molar refractivity (Wildman–Crippen MR) is 78.4 cm³/mol. The fraction of sp³-hybridized carbons (Fsp3) is 0.462. The van der Waals surface area contributed by atoms with E-state index in [0.717, 1.165) is 5.56 Å². The van der Waals surface area contributed by atoms with E-state index in [9.17, 15) is 9.18 Å². The van der Waals surface area contributed by atoms with Crippen LogP contribution in [-0.4, -0.2) is 40.9 Å². The molecule has 1 aliphatic rings. The summed E-state index contributed by atoms with van der Waals surface area (Å²) in [7, 11) is 0. The molecule has 8 heteroatoms. The van der Waals surface area contributed by atoms with E-state index in [-0.39, 0.29) is 13.2 Å². The lowest BCUT2D eigenvalue weighted by Gasteiger charge is -2.38. The van der Waals surface area contributed by atoms with Gasteiger partial charge in [-0.15, -0.1) is 0 Å². The molecule has 0 N–H and O–H groups in total. The number of rotatable bonds is 2. The van der Waals surface area contributed by atoms with Crippen LogP contribution in [0.5, 0.6) is 0 Å². The van der Waals surface area contributed by atoms with Crippen LogP contribution in [0.1, 0.15) is 11.6 Å². The number of alkyl halides is 4. The Balaban J connectivity index is 2.19. The zero-order valence-electron chi connectivity index (χ0n) is 10.8. The molecule has 0 aliphatic carbocycles. The SMILES string of the molecule is O=C(OC(Cl)(Cl)Cl)N1CC(CF)OCC1c1ccccc1. The average Bonchev–Trinajstić information content (AvgIpc) is 2.45. The van der Waals surface area contributed by atoms with Crippen LogP contribution in [0.4, 0.5) is 9.18 Å². The van der Waals surface area contributed by atoms with Crippen LogP contribution in [0.25, 0.3) is 0 Å². The molecule has 0 bridgehead atoms. The Hall–Kier alpha value is -0.750. The van der Waals surface area contributed by atoms with Gasteiger partial charge in [0, 0.05) is 0 Å². The summed E-state index contributed by atoms with van der Waals surface area (Å²) >= 11 is 16.4. The van der Waals surface area contributed by atoms with Gasteiger partial charge in [0.15, 0.2) is 0 Å². The van der Waals surface area contributed by atoms with E-state index < -0.39 is 28.9 Å². The molecule has 1 aromatic rings. The van der Waals surface area contributed by atoms with Gasteiger partial charge in [-0.05, 0) is 40.4 Å². The average molecular weight is 357 g/mol. The van der Waals surface area contributed by atoms with Crippen molar-refractivity contribution in [3.05, 3.63) is 35.9 Å². The van der Waals surface area contributed by atoms with Crippen molar-refractivity contribution < 1.29 is 18.7 Å². The zero-order chi connectivity index (χ0) is 15.5. The molecular formula is C13H13Cl3FNO3. The van der Waals surface area contributed by atoms with Crippen LogP contribution in [0.15, 0.2) is 30.3 Å². The highest BCUT2D eigenvalue weighted by atomic mass is 35.6. The van der Waals surface area contributed by atoms with Crippen molar-refractivity contribution in [3.8, 4) is 0 Å². The van der Waals surface area contributed by atoms with E-state index in [4.69, 9.17) is 44.3 Å². The van der Waals surface area contributed by atoms with Gasteiger partial charge in [-0.1, -0.05) is 30.3 Å². The Kier molecular flexibility index (Phi) is 5.54. The molecule has 2 unspecified atom stereocenters. The molecule has 0 aromatic heterocycles. The number of hydrogen-bond acceptors (Lipinski definition) is 3. The molecule has 1 amide bonds. The molecule has 1 saturated heterocycles. The monoisotopic (exact) mass is 355 g/mol.